The lowest BCUT2D eigenvalue weighted by molar-refractivity contribution is -0.385. The normalized spacial score (nSPS) is 11.9. The average Bonchev–Trinajstić information content (AvgIpc) is 3.51. The molecule has 5 rings (SSSR count). The van der Waals surface area contributed by atoms with Crippen molar-refractivity contribution < 1.29 is 9.72 Å². The van der Waals surface area contributed by atoms with E-state index in [1.807, 2.05) is 48.5 Å². The molecule has 6 N–H and O–H groups in total. The van der Waals surface area contributed by atoms with Gasteiger partial charge in [0.25, 0.3) is 5.69 Å². The molecule has 0 radical (unpaired) electrons. The Labute approximate surface area is 242 Å². The number of aromatic amines is 2. The molecule has 0 bridgehead atoms. The Hall–Kier alpha value is -4.32. The van der Waals surface area contributed by atoms with E-state index in [0.717, 1.165) is 22.0 Å². The number of rotatable bonds is 8. The van der Waals surface area contributed by atoms with E-state index in [9.17, 15) is 14.9 Å². The molecule has 0 aliphatic heterocycles. The molecule has 204 valence electrons. The SMILES string of the molecule is Nc1n[nH]c2cc(-c3nc(C(Cc4ccccc4)NC(=O)NCc4c([N+](=O)[O-])ccc(Cl)c4Cl)[nH]c3Cl)ccc12. The predicted molar refractivity (Wildman–Crippen MR) is 154 cm³/mol. The summed E-state index contributed by atoms with van der Waals surface area (Å²) in [6.45, 7) is -0.225. The van der Waals surface area contributed by atoms with Crippen molar-refractivity contribution in [3.8, 4) is 11.3 Å². The van der Waals surface area contributed by atoms with Gasteiger partial charge < -0.3 is 21.4 Å². The lowest BCUT2D eigenvalue weighted by Crippen LogP contribution is -2.39. The minimum absolute atomic E-state index is 0.00421. The Morgan fingerprint density at radius 1 is 1.10 bits per heavy atom. The van der Waals surface area contributed by atoms with Gasteiger partial charge in [-0.25, -0.2) is 9.78 Å². The molecule has 2 aromatic heterocycles. The topological polar surface area (TPSA) is 168 Å². The Kier molecular flexibility index (Phi) is 7.78. The lowest BCUT2D eigenvalue weighted by Gasteiger charge is -2.18. The van der Waals surface area contributed by atoms with Gasteiger partial charge in [0.05, 0.1) is 38.6 Å². The summed E-state index contributed by atoms with van der Waals surface area (Å²) in [7, 11) is 0. The van der Waals surface area contributed by atoms with Crippen molar-refractivity contribution in [2.45, 2.75) is 19.0 Å². The summed E-state index contributed by atoms with van der Waals surface area (Å²) in [5.74, 6) is 0.799. The van der Waals surface area contributed by atoms with Crippen LogP contribution in [0, 0.1) is 10.1 Å². The number of urea groups is 1. The van der Waals surface area contributed by atoms with E-state index in [1.54, 1.807) is 0 Å². The monoisotopic (exact) mass is 598 g/mol. The number of aromatic nitrogens is 4. The summed E-state index contributed by atoms with van der Waals surface area (Å²) >= 11 is 18.8. The van der Waals surface area contributed by atoms with Crippen LogP contribution in [-0.4, -0.2) is 31.1 Å². The molecule has 14 heteroatoms. The molecule has 0 spiro atoms. The van der Waals surface area contributed by atoms with Gasteiger partial charge in [0.1, 0.15) is 16.7 Å². The number of nitrogens with zero attached hydrogens (tertiary/aromatic N) is 3. The van der Waals surface area contributed by atoms with Gasteiger partial charge in [-0.05, 0) is 30.2 Å². The molecular formula is C26H21Cl3N8O3. The molecule has 0 saturated heterocycles. The van der Waals surface area contributed by atoms with Crippen LogP contribution in [0.3, 0.4) is 0 Å². The number of imidazole rings is 1. The maximum absolute atomic E-state index is 13.0. The molecule has 0 aliphatic rings. The van der Waals surface area contributed by atoms with Crippen LogP contribution in [0.1, 0.15) is 23.0 Å². The Balaban J connectivity index is 1.40. The fourth-order valence-corrected chi connectivity index (χ4v) is 4.93. The van der Waals surface area contributed by atoms with E-state index < -0.39 is 17.0 Å². The van der Waals surface area contributed by atoms with E-state index in [2.05, 4.69) is 25.8 Å². The molecule has 11 nitrogen and oxygen atoms in total. The highest BCUT2D eigenvalue weighted by Gasteiger charge is 2.24. The zero-order valence-corrected chi connectivity index (χ0v) is 22.8. The molecule has 1 atom stereocenters. The number of nitro groups is 1. The first kappa shape index (κ1) is 27.3. The van der Waals surface area contributed by atoms with Crippen LogP contribution in [0.15, 0.2) is 60.7 Å². The fraction of sp³-hybridized carbons (Fsp3) is 0.115. The van der Waals surface area contributed by atoms with Crippen molar-refractivity contribution in [3.05, 3.63) is 103 Å². The number of halogens is 3. The Morgan fingerprint density at radius 2 is 1.88 bits per heavy atom. The van der Waals surface area contributed by atoms with Gasteiger partial charge in [-0.15, -0.1) is 0 Å². The maximum atomic E-state index is 13.0. The van der Waals surface area contributed by atoms with Gasteiger partial charge in [-0.3, -0.25) is 15.2 Å². The number of nitro benzene ring substituents is 1. The van der Waals surface area contributed by atoms with E-state index in [4.69, 9.17) is 45.5 Å². The van der Waals surface area contributed by atoms with Crippen molar-refractivity contribution in [1.29, 1.82) is 0 Å². The molecular weight excluding hydrogens is 579 g/mol. The largest absolute Gasteiger partial charge is 0.382 e. The summed E-state index contributed by atoms with van der Waals surface area (Å²) in [5.41, 5.74) is 8.57. The minimum Gasteiger partial charge on any atom is -0.382 e. The van der Waals surface area contributed by atoms with Crippen LogP contribution in [-0.2, 0) is 13.0 Å². The zero-order valence-electron chi connectivity index (χ0n) is 20.5. The molecule has 0 saturated carbocycles. The number of hydrogen-bond acceptors (Lipinski definition) is 6. The second-order valence-corrected chi connectivity index (χ2v) is 10.0. The van der Waals surface area contributed by atoms with Gasteiger partial charge in [0, 0.05) is 17.0 Å². The van der Waals surface area contributed by atoms with Crippen LogP contribution in [0.4, 0.5) is 16.3 Å². The maximum Gasteiger partial charge on any atom is 0.315 e. The fourth-order valence-electron chi connectivity index (χ4n) is 4.28. The van der Waals surface area contributed by atoms with Crippen molar-refractivity contribution >= 4 is 63.2 Å². The van der Waals surface area contributed by atoms with Gasteiger partial charge in [-0.1, -0.05) is 71.2 Å². The molecule has 1 unspecified atom stereocenters. The standard InChI is InChI=1S/C26H21Cl3N8O3/c27-17-8-9-20(37(39)40)16(21(17)28)12-31-26(38)32-19(10-13-4-2-1-3-5-13)25-33-22(23(29)34-25)14-6-7-15-18(11-14)35-36-24(15)30/h1-9,11,19H,10,12H2,(H,33,34)(H3,30,35,36)(H2,31,32,38). The second-order valence-electron chi connectivity index (χ2n) is 8.84. The first-order valence-corrected chi connectivity index (χ1v) is 13.0. The Bertz CT molecular complexity index is 1720. The number of amides is 2. The third-order valence-electron chi connectivity index (χ3n) is 6.26. The molecule has 0 aliphatic carbocycles. The van der Waals surface area contributed by atoms with Crippen LogP contribution in [0.2, 0.25) is 15.2 Å². The molecule has 5 aromatic rings. The van der Waals surface area contributed by atoms with Crippen molar-refractivity contribution in [3.63, 3.8) is 0 Å². The molecule has 2 amide bonds. The molecule has 0 fully saturated rings. The minimum atomic E-state index is -0.634. The van der Waals surface area contributed by atoms with Crippen LogP contribution in [0.5, 0.6) is 0 Å². The summed E-state index contributed by atoms with van der Waals surface area (Å²) in [6, 6.07) is 16.3. The highest BCUT2D eigenvalue weighted by molar-refractivity contribution is 6.42. The van der Waals surface area contributed by atoms with Gasteiger partial charge in [-0.2, -0.15) is 5.10 Å². The number of benzene rings is 3. The highest BCUT2D eigenvalue weighted by Crippen LogP contribution is 2.33. The molecule has 2 heterocycles. The molecule has 3 aromatic carbocycles. The number of hydrogen-bond donors (Lipinski definition) is 5. The smallest absolute Gasteiger partial charge is 0.315 e. The quantitative estimate of drug-likeness (QED) is 0.105. The first-order valence-electron chi connectivity index (χ1n) is 11.9. The third-order valence-corrected chi connectivity index (χ3v) is 7.37. The number of nitrogens with two attached hydrogens (primary N) is 1. The summed E-state index contributed by atoms with van der Waals surface area (Å²) < 4.78 is 0. The van der Waals surface area contributed by atoms with E-state index >= 15 is 0 Å². The van der Waals surface area contributed by atoms with E-state index in [0.29, 0.717) is 23.8 Å². The zero-order chi connectivity index (χ0) is 28.4. The lowest BCUT2D eigenvalue weighted by atomic mass is 10.1. The average molecular weight is 600 g/mol. The number of nitrogen functional groups attached to an aromatic ring is 1. The summed E-state index contributed by atoms with van der Waals surface area (Å²) in [5, 5.41) is 25.0. The third kappa shape index (κ3) is 5.67. The van der Waals surface area contributed by atoms with Gasteiger partial charge >= 0.3 is 6.03 Å². The van der Waals surface area contributed by atoms with Crippen LogP contribution < -0.4 is 16.4 Å². The van der Waals surface area contributed by atoms with Crippen molar-refractivity contribution in [2.24, 2.45) is 0 Å². The second kappa shape index (κ2) is 11.4. The Morgan fingerprint density at radius 3 is 2.62 bits per heavy atom. The summed E-state index contributed by atoms with van der Waals surface area (Å²) in [4.78, 5) is 31.7. The number of carbonyl (C=O) groups excluding carboxylic acids is 1. The predicted octanol–water partition coefficient (Wildman–Crippen LogP) is 6.19. The van der Waals surface area contributed by atoms with Crippen LogP contribution in [0.25, 0.3) is 22.2 Å². The van der Waals surface area contributed by atoms with Gasteiger partial charge in [0.2, 0.25) is 0 Å². The first-order chi connectivity index (χ1) is 19.2. The van der Waals surface area contributed by atoms with Crippen molar-refractivity contribution in [2.75, 3.05) is 5.73 Å². The number of nitrogens with one attached hydrogen (secondary N) is 4. The number of fused-ring (bicyclic) bond motifs is 1. The van der Waals surface area contributed by atoms with Crippen molar-refractivity contribution in [1.82, 2.24) is 30.8 Å². The number of H-pyrrole nitrogens is 2. The summed E-state index contributed by atoms with van der Waals surface area (Å²) in [6.07, 6.45) is 0.381. The van der Waals surface area contributed by atoms with Gasteiger partial charge in [0.15, 0.2) is 5.82 Å². The number of carbonyl (C=O) groups is 1. The number of anilines is 1. The molecule has 40 heavy (non-hydrogen) atoms. The van der Waals surface area contributed by atoms with E-state index in [1.165, 1.54) is 12.1 Å². The van der Waals surface area contributed by atoms with Crippen LogP contribution >= 0.6 is 34.8 Å². The van der Waals surface area contributed by atoms with E-state index in [-0.39, 0.29) is 33.0 Å². The highest BCUT2D eigenvalue weighted by atomic mass is 35.5.